The van der Waals surface area contributed by atoms with Gasteiger partial charge in [0.1, 0.15) is 0 Å². The van der Waals surface area contributed by atoms with Crippen LogP contribution in [0.15, 0.2) is 29.2 Å². The Hall–Kier alpha value is -1.05. The molecular formula is C13H18O5S2. The Morgan fingerprint density at radius 1 is 1.40 bits per heavy atom. The van der Waals surface area contributed by atoms with Gasteiger partial charge in [-0.3, -0.25) is 0 Å². The lowest BCUT2D eigenvalue weighted by molar-refractivity contribution is 0.0696. The van der Waals surface area contributed by atoms with Crippen LogP contribution < -0.4 is 0 Å². The van der Waals surface area contributed by atoms with Gasteiger partial charge in [-0.05, 0) is 29.9 Å². The Morgan fingerprint density at radius 3 is 2.70 bits per heavy atom. The fourth-order valence-corrected chi connectivity index (χ4v) is 4.30. The molecule has 0 saturated heterocycles. The van der Waals surface area contributed by atoms with Crippen molar-refractivity contribution in [2.45, 2.75) is 11.8 Å². The second-order valence-electron chi connectivity index (χ2n) is 4.51. The molecule has 0 spiro atoms. The molecule has 0 heterocycles. The molecule has 0 aliphatic rings. The second-order valence-corrected chi connectivity index (χ2v) is 7.77. The third kappa shape index (κ3) is 5.15. The van der Waals surface area contributed by atoms with E-state index in [0.29, 0.717) is 11.5 Å². The summed E-state index contributed by atoms with van der Waals surface area (Å²) in [6, 6.07) is 5.37. The van der Waals surface area contributed by atoms with Crippen molar-refractivity contribution >= 4 is 27.6 Å². The summed E-state index contributed by atoms with van der Waals surface area (Å²) in [6.07, 6.45) is 0. The molecule has 112 valence electrons. The minimum Gasteiger partial charge on any atom is -0.478 e. The van der Waals surface area contributed by atoms with Crippen LogP contribution in [0.25, 0.3) is 0 Å². The number of hydrogen-bond donors (Lipinski definition) is 2. The van der Waals surface area contributed by atoms with E-state index in [2.05, 4.69) is 0 Å². The van der Waals surface area contributed by atoms with E-state index in [4.69, 9.17) is 10.2 Å². The number of sulfone groups is 1. The summed E-state index contributed by atoms with van der Waals surface area (Å²) in [5, 5.41) is 17.7. The zero-order chi connectivity index (χ0) is 15.2. The predicted molar refractivity (Wildman–Crippen MR) is 79.0 cm³/mol. The van der Waals surface area contributed by atoms with Crippen molar-refractivity contribution in [3.05, 3.63) is 29.8 Å². The van der Waals surface area contributed by atoms with Crippen molar-refractivity contribution in [3.8, 4) is 0 Å². The molecule has 7 heteroatoms. The highest BCUT2D eigenvalue weighted by atomic mass is 32.2. The second kappa shape index (κ2) is 7.66. The molecule has 0 aliphatic heterocycles. The number of thioether (sulfide) groups is 1. The van der Waals surface area contributed by atoms with E-state index >= 15 is 0 Å². The Balaban J connectivity index is 2.65. The quantitative estimate of drug-likeness (QED) is 0.706. The number of aliphatic hydroxyl groups is 1. The van der Waals surface area contributed by atoms with Gasteiger partial charge in [0, 0.05) is 12.4 Å². The van der Waals surface area contributed by atoms with Crippen molar-refractivity contribution in [2.75, 3.05) is 23.9 Å². The van der Waals surface area contributed by atoms with Crippen LogP contribution in [-0.4, -0.2) is 48.5 Å². The maximum absolute atomic E-state index is 12.1. The van der Waals surface area contributed by atoms with Gasteiger partial charge in [0.05, 0.1) is 16.2 Å². The molecule has 20 heavy (non-hydrogen) atoms. The van der Waals surface area contributed by atoms with E-state index in [1.807, 2.05) is 6.92 Å². The molecule has 2 N–H and O–H groups in total. The molecule has 0 aromatic heterocycles. The van der Waals surface area contributed by atoms with Gasteiger partial charge in [-0.2, -0.15) is 11.8 Å². The topological polar surface area (TPSA) is 91.7 Å². The Labute approximate surface area is 122 Å². The Morgan fingerprint density at radius 2 is 2.10 bits per heavy atom. The van der Waals surface area contributed by atoms with Crippen LogP contribution in [0, 0.1) is 5.92 Å². The van der Waals surface area contributed by atoms with E-state index in [1.165, 1.54) is 36.0 Å². The van der Waals surface area contributed by atoms with Crippen LogP contribution in [0.1, 0.15) is 17.3 Å². The molecular weight excluding hydrogens is 300 g/mol. The van der Waals surface area contributed by atoms with Gasteiger partial charge in [0.25, 0.3) is 0 Å². The van der Waals surface area contributed by atoms with Crippen LogP contribution in [0.5, 0.6) is 0 Å². The largest absolute Gasteiger partial charge is 0.478 e. The monoisotopic (exact) mass is 318 g/mol. The SMILES string of the molecule is CC(CO)CSCCS(=O)(=O)c1cccc(C(=O)O)c1. The summed E-state index contributed by atoms with van der Waals surface area (Å²) >= 11 is 1.46. The van der Waals surface area contributed by atoms with Crippen molar-refractivity contribution in [1.29, 1.82) is 0 Å². The van der Waals surface area contributed by atoms with Crippen LogP contribution in [0.2, 0.25) is 0 Å². The average Bonchev–Trinajstić information content (AvgIpc) is 2.43. The van der Waals surface area contributed by atoms with Crippen molar-refractivity contribution in [3.63, 3.8) is 0 Å². The van der Waals surface area contributed by atoms with Gasteiger partial charge in [0.15, 0.2) is 9.84 Å². The van der Waals surface area contributed by atoms with Crippen LogP contribution in [-0.2, 0) is 9.84 Å². The number of carboxylic acids is 1. The molecule has 0 amide bonds. The first-order valence-electron chi connectivity index (χ1n) is 6.11. The molecule has 5 nitrogen and oxygen atoms in total. The summed E-state index contributed by atoms with van der Waals surface area (Å²) in [5.74, 6) is 0.0653. The highest BCUT2D eigenvalue weighted by Crippen LogP contribution is 2.16. The number of hydrogen-bond acceptors (Lipinski definition) is 5. The molecule has 0 aliphatic carbocycles. The molecule has 0 bridgehead atoms. The molecule has 1 unspecified atom stereocenters. The molecule has 1 aromatic carbocycles. The summed E-state index contributed by atoms with van der Waals surface area (Å²) in [7, 11) is -3.47. The first-order chi connectivity index (χ1) is 9.36. The molecule has 0 saturated carbocycles. The lowest BCUT2D eigenvalue weighted by Gasteiger charge is -2.08. The highest BCUT2D eigenvalue weighted by molar-refractivity contribution is 8.00. The maximum Gasteiger partial charge on any atom is 0.335 e. The Kier molecular flexibility index (Phi) is 6.51. The van der Waals surface area contributed by atoms with Gasteiger partial charge in [-0.1, -0.05) is 13.0 Å². The van der Waals surface area contributed by atoms with Gasteiger partial charge in [0.2, 0.25) is 0 Å². The number of carbonyl (C=O) groups is 1. The summed E-state index contributed by atoms with van der Waals surface area (Å²) in [4.78, 5) is 10.9. The lowest BCUT2D eigenvalue weighted by atomic mass is 10.2. The van der Waals surface area contributed by atoms with Gasteiger partial charge in [-0.25, -0.2) is 13.2 Å². The molecule has 0 radical (unpaired) electrons. The lowest BCUT2D eigenvalue weighted by Crippen LogP contribution is -2.11. The van der Waals surface area contributed by atoms with E-state index in [9.17, 15) is 13.2 Å². The third-order valence-electron chi connectivity index (χ3n) is 2.65. The number of carboxylic acid groups (broad SMARTS) is 1. The zero-order valence-electron chi connectivity index (χ0n) is 11.2. The van der Waals surface area contributed by atoms with E-state index in [1.54, 1.807) is 0 Å². The molecule has 1 rings (SSSR count). The fraction of sp³-hybridized carbons (Fsp3) is 0.462. The third-order valence-corrected chi connectivity index (χ3v) is 5.92. The number of aliphatic hydroxyl groups excluding tert-OH is 1. The highest BCUT2D eigenvalue weighted by Gasteiger charge is 2.16. The maximum atomic E-state index is 12.1. The van der Waals surface area contributed by atoms with Crippen molar-refractivity contribution < 1.29 is 23.4 Å². The summed E-state index contributed by atoms with van der Waals surface area (Å²) in [6.45, 7) is 1.97. The summed E-state index contributed by atoms with van der Waals surface area (Å²) in [5.41, 5.74) is -0.0346. The smallest absolute Gasteiger partial charge is 0.335 e. The average molecular weight is 318 g/mol. The minimum atomic E-state index is -3.47. The zero-order valence-corrected chi connectivity index (χ0v) is 12.8. The summed E-state index contributed by atoms with van der Waals surface area (Å²) < 4.78 is 24.1. The first-order valence-corrected chi connectivity index (χ1v) is 8.92. The standard InChI is InChI=1S/C13H18O5S2/c1-10(8-14)9-19-5-6-20(17,18)12-4-2-3-11(7-12)13(15)16/h2-4,7,10,14H,5-6,8-9H2,1H3,(H,15,16). The first kappa shape index (κ1) is 17.0. The molecule has 1 aromatic rings. The van der Waals surface area contributed by atoms with E-state index < -0.39 is 15.8 Å². The Bertz CT molecular complexity index is 554. The van der Waals surface area contributed by atoms with Crippen molar-refractivity contribution in [1.82, 2.24) is 0 Å². The molecule has 1 atom stereocenters. The minimum absolute atomic E-state index is 0.0346. The van der Waals surface area contributed by atoms with Gasteiger partial charge < -0.3 is 10.2 Å². The van der Waals surface area contributed by atoms with E-state index in [0.717, 1.165) is 0 Å². The van der Waals surface area contributed by atoms with E-state index in [-0.39, 0.29) is 28.7 Å². The molecule has 0 fully saturated rings. The van der Waals surface area contributed by atoms with Crippen molar-refractivity contribution in [2.24, 2.45) is 5.92 Å². The van der Waals surface area contributed by atoms with Gasteiger partial charge in [-0.15, -0.1) is 0 Å². The van der Waals surface area contributed by atoms with Crippen LogP contribution in [0.4, 0.5) is 0 Å². The number of aromatic carboxylic acids is 1. The van der Waals surface area contributed by atoms with Crippen LogP contribution >= 0.6 is 11.8 Å². The van der Waals surface area contributed by atoms with Gasteiger partial charge >= 0.3 is 5.97 Å². The number of rotatable bonds is 8. The number of benzene rings is 1. The fourth-order valence-electron chi connectivity index (χ4n) is 1.45. The normalized spacial score (nSPS) is 13.1. The predicted octanol–water partition coefficient (Wildman–Crippen LogP) is 1.52. The van der Waals surface area contributed by atoms with Crippen LogP contribution in [0.3, 0.4) is 0 Å².